The van der Waals surface area contributed by atoms with E-state index in [1.807, 2.05) is 27.7 Å². The summed E-state index contributed by atoms with van der Waals surface area (Å²) in [5.74, 6) is 0.411. The molecule has 0 spiro atoms. The van der Waals surface area contributed by atoms with Crippen molar-refractivity contribution in [3.63, 3.8) is 0 Å². The molecular formula is C12H21N5O2. The number of aromatic nitrogens is 3. The number of amides is 2. The number of hydrogen-bond donors (Lipinski definition) is 2. The maximum atomic E-state index is 12.0. The molecule has 7 nitrogen and oxygen atoms in total. The Labute approximate surface area is 112 Å². The molecule has 2 heterocycles. The molecular weight excluding hydrogens is 246 g/mol. The van der Waals surface area contributed by atoms with Gasteiger partial charge in [-0.3, -0.25) is 5.32 Å². The minimum atomic E-state index is -0.388. The summed E-state index contributed by atoms with van der Waals surface area (Å²) < 4.78 is 7.43. The minimum Gasteiger partial charge on any atom is -0.367 e. The molecule has 0 unspecified atom stereocenters. The van der Waals surface area contributed by atoms with Crippen molar-refractivity contribution >= 4 is 12.0 Å². The lowest BCUT2D eigenvalue weighted by Crippen LogP contribution is -2.47. The quantitative estimate of drug-likeness (QED) is 0.846. The van der Waals surface area contributed by atoms with E-state index in [2.05, 4.69) is 20.7 Å². The maximum absolute atomic E-state index is 12.0. The van der Waals surface area contributed by atoms with E-state index in [0.717, 1.165) is 6.42 Å². The normalized spacial score (nSPS) is 24.2. The average Bonchev–Trinajstić information content (AvgIpc) is 2.69. The van der Waals surface area contributed by atoms with Gasteiger partial charge in [-0.1, -0.05) is 0 Å². The highest BCUT2D eigenvalue weighted by Gasteiger charge is 2.46. The van der Waals surface area contributed by atoms with Gasteiger partial charge in [0.05, 0.1) is 17.2 Å². The van der Waals surface area contributed by atoms with Crippen LogP contribution in [0, 0.1) is 0 Å². The van der Waals surface area contributed by atoms with Gasteiger partial charge in [-0.2, -0.15) is 10.1 Å². The third-order valence-corrected chi connectivity index (χ3v) is 3.32. The summed E-state index contributed by atoms with van der Waals surface area (Å²) in [5.41, 5.74) is -0.618. The number of anilines is 1. The monoisotopic (exact) mass is 267 g/mol. The molecule has 1 aliphatic rings. The van der Waals surface area contributed by atoms with Crippen molar-refractivity contribution in [2.24, 2.45) is 7.05 Å². The van der Waals surface area contributed by atoms with E-state index < -0.39 is 0 Å². The number of rotatable bonds is 2. The second kappa shape index (κ2) is 4.48. The Morgan fingerprint density at radius 1 is 1.47 bits per heavy atom. The summed E-state index contributed by atoms with van der Waals surface area (Å²) >= 11 is 0. The minimum absolute atomic E-state index is 0.0456. The Morgan fingerprint density at radius 2 is 2.16 bits per heavy atom. The van der Waals surface area contributed by atoms with Crippen LogP contribution in [0.15, 0.2) is 6.33 Å². The molecule has 2 N–H and O–H groups in total. The van der Waals surface area contributed by atoms with Crippen LogP contribution in [-0.4, -0.2) is 38.0 Å². The molecule has 1 atom stereocenters. The first-order chi connectivity index (χ1) is 8.70. The van der Waals surface area contributed by atoms with Crippen molar-refractivity contribution in [1.29, 1.82) is 0 Å². The zero-order valence-electron chi connectivity index (χ0n) is 12.0. The number of carbonyl (C=O) groups excluding carboxylic acids is 1. The summed E-state index contributed by atoms with van der Waals surface area (Å²) in [6.07, 6.45) is 2.16. The molecule has 0 radical (unpaired) electrons. The van der Waals surface area contributed by atoms with Gasteiger partial charge in [0.2, 0.25) is 5.95 Å². The number of urea groups is 1. The zero-order chi connectivity index (χ0) is 14.3. The SMILES string of the molecule is Cn1ncnc1NC(=O)N[C@@H]1CC(C)(C)OC1(C)C. The van der Waals surface area contributed by atoms with Crippen molar-refractivity contribution in [1.82, 2.24) is 20.1 Å². The number of carbonyl (C=O) groups is 1. The highest BCUT2D eigenvalue weighted by molar-refractivity contribution is 5.87. The summed E-state index contributed by atoms with van der Waals surface area (Å²) in [4.78, 5) is 15.9. The van der Waals surface area contributed by atoms with E-state index >= 15 is 0 Å². The van der Waals surface area contributed by atoms with Crippen LogP contribution in [0.25, 0.3) is 0 Å². The molecule has 1 aromatic heterocycles. The van der Waals surface area contributed by atoms with Gasteiger partial charge in [-0.05, 0) is 34.1 Å². The summed E-state index contributed by atoms with van der Waals surface area (Å²) in [7, 11) is 1.72. The van der Waals surface area contributed by atoms with Crippen molar-refractivity contribution in [2.75, 3.05) is 5.32 Å². The third kappa shape index (κ3) is 3.04. The molecule has 1 saturated heterocycles. The van der Waals surface area contributed by atoms with Gasteiger partial charge in [-0.25, -0.2) is 9.48 Å². The van der Waals surface area contributed by atoms with Crippen LogP contribution in [0.4, 0.5) is 10.7 Å². The molecule has 1 fully saturated rings. The van der Waals surface area contributed by atoms with E-state index in [-0.39, 0.29) is 23.3 Å². The zero-order valence-corrected chi connectivity index (χ0v) is 12.0. The Bertz CT molecular complexity index is 480. The van der Waals surface area contributed by atoms with Crippen molar-refractivity contribution < 1.29 is 9.53 Å². The molecule has 0 bridgehead atoms. The molecule has 106 valence electrons. The van der Waals surface area contributed by atoms with Crippen LogP contribution in [0.5, 0.6) is 0 Å². The number of nitrogens with one attached hydrogen (secondary N) is 2. The first-order valence-electron chi connectivity index (χ1n) is 6.31. The van der Waals surface area contributed by atoms with E-state index in [1.165, 1.54) is 11.0 Å². The maximum Gasteiger partial charge on any atom is 0.321 e. The second-order valence-electron chi connectivity index (χ2n) is 6.03. The van der Waals surface area contributed by atoms with Crippen LogP contribution >= 0.6 is 0 Å². The van der Waals surface area contributed by atoms with Crippen LogP contribution in [0.1, 0.15) is 34.1 Å². The first-order valence-corrected chi connectivity index (χ1v) is 6.31. The number of hydrogen-bond acceptors (Lipinski definition) is 4. The van der Waals surface area contributed by atoms with Crippen LogP contribution < -0.4 is 10.6 Å². The highest BCUT2D eigenvalue weighted by atomic mass is 16.5. The Balaban J connectivity index is 1.98. The van der Waals surface area contributed by atoms with E-state index in [1.54, 1.807) is 7.05 Å². The smallest absolute Gasteiger partial charge is 0.321 e. The molecule has 1 aliphatic heterocycles. The summed E-state index contributed by atoms with van der Waals surface area (Å²) in [6.45, 7) is 8.01. The third-order valence-electron chi connectivity index (χ3n) is 3.32. The topological polar surface area (TPSA) is 81.1 Å². The summed E-state index contributed by atoms with van der Waals surface area (Å²) in [5, 5.41) is 9.49. The van der Waals surface area contributed by atoms with Crippen LogP contribution in [0.2, 0.25) is 0 Å². The van der Waals surface area contributed by atoms with E-state index in [4.69, 9.17) is 4.74 Å². The predicted molar refractivity (Wildman–Crippen MR) is 70.8 cm³/mol. The lowest BCUT2D eigenvalue weighted by Gasteiger charge is -2.27. The lowest BCUT2D eigenvalue weighted by atomic mass is 9.95. The molecule has 1 aromatic rings. The Hall–Kier alpha value is -1.63. The van der Waals surface area contributed by atoms with E-state index in [9.17, 15) is 4.79 Å². The van der Waals surface area contributed by atoms with E-state index in [0.29, 0.717) is 5.95 Å². The largest absolute Gasteiger partial charge is 0.367 e. The fraction of sp³-hybridized carbons (Fsp3) is 0.750. The van der Waals surface area contributed by atoms with Gasteiger partial charge in [-0.15, -0.1) is 0 Å². The molecule has 0 aromatic carbocycles. The number of aryl methyl sites for hydroxylation is 1. The van der Waals surface area contributed by atoms with Crippen LogP contribution in [-0.2, 0) is 11.8 Å². The molecule has 2 amide bonds. The van der Waals surface area contributed by atoms with Gasteiger partial charge >= 0.3 is 6.03 Å². The molecule has 7 heteroatoms. The van der Waals surface area contributed by atoms with Gasteiger partial charge in [0.25, 0.3) is 0 Å². The number of nitrogens with zero attached hydrogens (tertiary/aromatic N) is 3. The fourth-order valence-corrected chi connectivity index (χ4v) is 2.49. The lowest BCUT2D eigenvalue weighted by molar-refractivity contribution is -0.0689. The van der Waals surface area contributed by atoms with Crippen molar-refractivity contribution in [2.45, 2.75) is 51.4 Å². The molecule has 2 rings (SSSR count). The summed E-state index contributed by atoms with van der Waals surface area (Å²) in [6, 6.07) is -0.341. The molecule has 0 aliphatic carbocycles. The Morgan fingerprint density at radius 3 is 2.63 bits per heavy atom. The van der Waals surface area contributed by atoms with Gasteiger partial charge in [0, 0.05) is 7.05 Å². The van der Waals surface area contributed by atoms with Gasteiger partial charge in [0.1, 0.15) is 6.33 Å². The first kappa shape index (κ1) is 13.8. The van der Waals surface area contributed by atoms with Crippen LogP contribution in [0.3, 0.4) is 0 Å². The Kier molecular flexibility index (Phi) is 3.25. The van der Waals surface area contributed by atoms with Gasteiger partial charge in [0.15, 0.2) is 0 Å². The number of ether oxygens (including phenoxy) is 1. The van der Waals surface area contributed by atoms with Gasteiger partial charge < -0.3 is 10.1 Å². The van der Waals surface area contributed by atoms with Crippen molar-refractivity contribution in [3.05, 3.63) is 6.33 Å². The molecule has 19 heavy (non-hydrogen) atoms. The van der Waals surface area contributed by atoms with Crippen molar-refractivity contribution in [3.8, 4) is 0 Å². The average molecular weight is 267 g/mol. The standard InChI is InChI=1S/C12H21N5O2/c1-11(2)6-8(12(3,4)19-11)15-10(18)16-9-13-7-14-17(9)5/h7-8H,6H2,1-5H3,(H2,13,14,15,16,18)/t8-/m1/s1. The second-order valence-corrected chi connectivity index (χ2v) is 6.03. The highest BCUT2D eigenvalue weighted by Crippen LogP contribution is 2.37. The molecule has 0 saturated carbocycles. The predicted octanol–water partition coefficient (Wildman–Crippen LogP) is 1.28. The fourth-order valence-electron chi connectivity index (χ4n) is 2.49.